The van der Waals surface area contributed by atoms with Gasteiger partial charge in [0.05, 0.1) is 12.3 Å². The number of hydrogen-bond acceptors (Lipinski definition) is 3. The van der Waals surface area contributed by atoms with Crippen LogP contribution in [-0.4, -0.2) is 35.6 Å². The van der Waals surface area contributed by atoms with E-state index in [1.807, 2.05) is 4.90 Å². The van der Waals surface area contributed by atoms with Crippen LogP contribution in [0.2, 0.25) is 0 Å². The number of nitrogens with zero attached hydrogens (tertiary/aromatic N) is 1. The van der Waals surface area contributed by atoms with E-state index >= 15 is 0 Å². The topological polar surface area (TPSA) is 73.3 Å². The van der Waals surface area contributed by atoms with E-state index in [2.05, 4.69) is 5.32 Å². The summed E-state index contributed by atoms with van der Waals surface area (Å²) in [6, 6.07) is 0. The Hall–Kier alpha value is -1.36. The van der Waals surface area contributed by atoms with Gasteiger partial charge in [-0.1, -0.05) is 11.6 Å². The molecule has 2 rings (SSSR count). The molecule has 2 amide bonds. The predicted octanol–water partition coefficient (Wildman–Crippen LogP) is 0.599. The molecule has 0 aliphatic carbocycles. The third-order valence-corrected chi connectivity index (χ3v) is 3.18. The summed E-state index contributed by atoms with van der Waals surface area (Å²) < 4.78 is 0. The molecule has 6 heteroatoms. The van der Waals surface area contributed by atoms with Gasteiger partial charge in [-0.3, -0.25) is 20.3 Å². The van der Waals surface area contributed by atoms with Crippen molar-refractivity contribution in [1.29, 1.82) is 5.41 Å². The number of halogens is 1. The number of rotatable bonds is 2. The minimum atomic E-state index is -0.529. The average molecular weight is 242 g/mol. The van der Waals surface area contributed by atoms with Gasteiger partial charge in [0.1, 0.15) is 5.03 Å². The van der Waals surface area contributed by atoms with Gasteiger partial charge >= 0.3 is 0 Å². The Morgan fingerprint density at radius 1 is 1.44 bits per heavy atom. The van der Waals surface area contributed by atoms with Crippen molar-refractivity contribution in [2.75, 3.05) is 13.1 Å². The van der Waals surface area contributed by atoms with Gasteiger partial charge in [-0.25, -0.2) is 0 Å². The largest absolute Gasteiger partial charge is 0.356 e. The number of carbonyl (C=O) groups is 2. The lowest BCUT2D eigenvalue weighted by molar-refractivity contribution is -0.128. The molecule has 1 fully saturated rings. The molecule has 0 radical (unpaired) electrons. The van der Waals surface area contributed by atoms with Crippen LogP contribution in [0.25, 0.3) is 0 Å². The maximum atomic E-state index is 11.3. The van der Waals surface area contributed by atoms with Crippen LogP contribution < -0.4 is 5.32 Å². The highest BCUT2D eigenvalue weighted by molar-refractivity contribution is 6.44. The second-order valence-corrected chi connectivity index (χ2v) is 4.32. The molecule has 2 aliphatic heterocycles. The fourth-order valence-corrected chi connectivity index (χ4v) is 2.09. The highest BCUT2D eigenvalue weighted by Crippen LogP contribution is 2.21. The van der Waals surface area contributed by atoms with Crippen molar-refractivity contribution in [2.24, 2.45) is 0 Å². The Bertz CT molecular complexity index is 403. The van der Waals surface area contributed by atoms with Crippen LogP contribution in [0.3, 0.4) is 0 Å². The second-order valence-electron chi connectivity index (χ2n) is 3.94. The molecule has 0 saturated carbocycles. The second kappa shape index (κ2) is 4.25. The molecule has 16 heavy (non-hydrogen) atoms. The average Bonchev–Trinajstić information content (AvgIpc) is 2.60. The summed E-state index contributed by atoms with van der Waals surface area (Å²) >= 11 is 5.84. The Balaban J connectivity index is 2.13. The van der Waals surface area contributed by atoms with Gasteiger partial charge in [-0.15, -0.1) is 0 Å². The SMILES string of the molecule is N=C1CCCN1CC1=C(Cl)C(=O)NC(=O)C1. The summed E-state index contributed by atoms with van der Waals surface area (Å²) in [4.78, 5) is 24.3. The fraction of sp³-hybridized carbons (Fsp3) is 0.500. The number of imide groups is 1. The number of hydrogen-bond donors (Lipinski definition) is 2. The molecule has 2 heterocycles. The lowest BCUT2D eigenvalue weighted by atomic mass is 10.1. The molecule has 0 aromatic carbocycles. The number of amides is 2. The highest BCUT2D eigenvalue weighted by atomic mass is 35.5. The maximum Gasteiger partial charge on any atom is 0.269 e. The molecule has 2 aliphatic rings. The smallest absolute Gasteiger partial charge is 0.269 e. The van der Waals surface area contributed by atoms with E-state index in [9.17, 15) is 9.59 Å². The normalized spacial score (nSPS) is 21.8. The first-order valence-corrected chi connectivity index (χ1v) is 5.50. The van der Waals surface area contributed by atoms with Crippen molar-refractivity contribution in [3.63, 3.8) is 0 Å². The molecule has 1 saturated heterocycles. The van der Waals surface area contributed by atoms with Crippen molar-refractivity contribution >= 4 is 29.3 Å². The first-order chi connectivity index (χ1) is 7.58. The predicted molar refractivity (Wildman–Crippen MR) is 59.2 cm³/mol. The lowest BCUT2D eigenvalue weighted by Gasteiger charge is -2.22. The summed E-state index contributed by atoms with van der Waals surface area (Å²) in [7, 11) is 0. The fourth-order valence-electron chi connectivity index (χ4n) is 1.92. The first-order valence-electron chi connectivity index (χ1n) is 5.12. The van der Waals surface area contributed by atoms with Crippen molar-refractivity contribution in [2.45, 2.75) is 19.3 Å². The van der Waals surface area contributed by atoms with E-state index in [0.29, 0.717) is 18.0 Å². The Morgan fingerprint density at radius 3 is 2.81 bits per heavy atom. The van der Waals surface area contributed by atoms with Gasteiger partial charge < -0.3 is 4.90 Å². The molecule has 0 spiro atoms. The Kier molecular flexibility index (Phi) is 2.96. The highest BCUT2D eigenvalue weighted by Gasteiger charge is 2.27. The zero-order chi connectivity index (χ0) is 11.7. The van der Waals surface area contributed by atoms with Crippen LogP contribution in [0.15, 0.2) is 10.6 Å². The van der Waals surface area contributed by atoms with E-state index in [-0.39, 0.29) is 17.4 Å². The lowest BCUT2D eigenvalue weighted by Crippen LogP contribution is -2.38. The molecule has 0 aromatic rings. The number of nitrogens with one attached hydrogen (secondary N) is 2. The minimum absolute atomic E-state index is 0.0966. The van der Waals surface area contributed by atoms with E-state index in [0.717, 1.165) is 19.4 Å². The Morgan fingerprint density at radius 2 is 2.19 bits per heavy atom. The number of likely N-dealkylation sites (tertiary alicyclic amines) is 1. The molecule has 86 valence electrons. The maximum absolute atomic E-state index is 11.3. The van der Waals surface area contributed by atoms with Crippen LogP contribution in [0, 0.1) is 5.41 Å². The molecule has 0 unspecified atom stereocenters. The van der Waals surface area contributed by atoms with Gasteiger partial charge in [0.25, 0.3) is 5.91 Å². The van der Waals surface area contributed by atoms with Crippen molar-refractivity contribution in [3.05, 3.63) is 10.6 Å². The van der Waals surface area contributed by atoms with Gasteiger partial charge in [0, 0.05) is 19.5 Å². The molecular formula is C10H12ClN3O2. The van der Waals surface area contributed by atoms with Crippen LogP contribution in [0.4, 0.5) is 0 Å². The number of carbonyl (C=O) groups excluding carboxylic acids is 2. The summed E-state index contributed by atoms with van der Waals surface area (Å²) in [5.41, 5.74) is 0.613. The van der Waals surface area contributed by atoms with Crippen molar-refractivity contribution in [3.8, 4) is 0 Å². The zero-order valence-electron chi connectivity index (χ0n) is 8.68. The van der Waals surface area contributed by atoms with Gasteiger partial charge in [0.15, 0.2) is 0 Å². The van der Waals surface area contributed by atoms with Crippen LogP contribution in [-0.2, 0) is 9.59 Å². The molecule has 2 N–H and O–H groups in total. The van der Waals surface area contributed by atoms with Crippen molar-refractivity contribution in [1.82, 2.24) is 10.2 Å². The molecular weight excluding hydrogens is 230 g/mol. The standard InChI is InChI=1S/C10H12ClN3O2/c11-9-6(4-8(15)13-10(9)16)5-14-3-1-2-7(14)12/h12H,1-5H2,(H,13,15,16). The first kappa shape index (κ1) is 11.1. The van der Waals surface area contributed by atoms with E-state index in [4.69, 9.17) is 17.0 Å². The van der Waals surface area contributed by atoms with Crippen LogP contribution in [0.1, 0.15) is 19.3 Å². The summed E-state index contributed by atoms with van der Waals surface area (Å²) in [5, 5.41) is 9.92. The van der Waals surface area contributed by atoms with Crippen molar-refractivity contribution < 1.29 is 9.59 Å². The molecule has 0 bridgehead atoms. The van der Waals surface area contributed by atoms with Crippen LogP contribution >= 0.6 is 11.6 Å². The molecule has 0 atom stereocenters. The quantitative estimate of drug-likeness (QED) is 0.696. The van der Waals surface area contributed by atoms with E-state index in [1.165, 1.54) is 0 Å². The van der Waals surface area contributed by atoms with Gasteiger partial charge in [-0.05, 0) is 12.0 Å². The van der Waals surface area contributed by atoms with E-state index in [1.54, 1.807) is 0 Å². The molecule has 5 nitrogen and oxygen atoms in total. The van der Waals surface area contributed by atoms with Gasteiger partial charge in [0.2, 0.25) is 5.91 Å². The summed E-state index contributed by atoms with van der Waals surface area (Å²) in [6.07, 6.45) is 1.85. The molecule has 0 aromatic heterocycles. The van der Waals surface area contributed by atoms with Gasteiger partial charge in [-0.2, -0.15) is 0 Å². The number of amidine groups is 1. The summed E-state index contributed by atoms with van der Waals surface area (Å²) in [5.74, 6) is -0.302. The van der Waals surface area contributed by atoms with E-state index < -0.39 is 5.91 Å². The van der Waals surface area contributed by atoms with Crippen LogP contribution in [0.5, 0.6) is 0 Å². The monoisotopic (exact) mass is 241 g/mol. The summed E-state index contributed by atoms with van der Waals surface area (Å²) in [6.45, 7) is 1.21. The third kappa shape index (κ3) is 2.09. The Labute approximate surface area is 97.9 Å². The minimum Gasteiger partial charge on any atom is -0.356 e. The third-order valence-electron chi connectivity index (χ3n) is 2.74. The zero-order valence-corrected chi connectivity index (χ0v) is 9.43.